The number of methoxy groups -OCH3 is 2. The number of nitrogens with zero attached hydrogens (tertiary/aromatic N) is 1. The molecule has 1 aromatic rings. The zero-order valence-electron chi connectivity index (χ0n) is 12.9. The lowest BCUT2D eigenvalue weighted by atomic mass is 9.81. The van der Waals surface area contributed by atoms with Crippen LogP contribution in [0.2, 0.25) is 0 Å². The van der Waals surface area contributed by atoms with Crippen LogP contribution in [0.25, 0.3) is 0 Å². The molecule has 22 heavy (non-hydrogen) atoms. The normalized spacial score (nSPS) is 27.6. The van der Waals surface area contributed by atoms with Gasteiger partial charge >= 0.3 is 5.97 Å². The molecule has 2 aliphatic rings. The maximum atomic E-state index is 11.7. The van der Waals surface area contributed by atoms with Crippen LogP contribution >= 0.6 is 0 Å². The van der Waals surface area contributed by atoms with Crippen LogP contribution < -0.4 is 9.47 Å². The smallest absolute Gasteiger partial charge is 0.313 e. The summed E-state index contributed by atoms with van der Waals surface area (Å²) >= 11 is 0. The Morgan fingerprint density at radius 1 is 1.41 bits per heavy atom. The van der Waals surface area contributed by atoms with Crippen molar-refractivity contribution in [1.29, 1.82) is 0 Å². The van der Waals surface area contributed by atoms with Gasteiger partial charge in [0.2, 0.25) is 0 Å². The largest absolute Gasteiger partial charge is 0.496 e. The maximum Gasteiger partial charge on any atom is 0.313 e. The van der Waals surface area contributed by atoms with Crippen LogP contribution in [0.5, 0.6) is 11.5 Å². The fourth-order valence-electron chi connectivity index (χ4n) is 3.57. The molecule has 2 fully saturated rings. The Kier molecular flexibility index (Phi) is 3.97. The first-order chi connectivity index (χ1) is 10.6. The summed E-state index contributed by atoms with van der Waals surface area (Å²) < 4.78 is 16.2. The standard InChI is InChI=1S/C16H21NO5/c1-20-13-4-3-5-14(21-2)12(13)7-17-6-11-8-22-10-16(11,9-17)15(18)19/h3-5,11H,6-10H2,1-2H3,(H,18,19)/t11-,16-/m1/s1. The minimum Gasteiger partial charge on any atom is -0.496 e. The van der Waals surface area contributed by atoms with E-state index in [4.69, 9.17) is 14.2 Å². The topological polar surface area (TPSA) is 68.2 Å². The summed E-state index contributed by atoms with van der Waals surface area (Å²) in [5.74, 6) is 0.810. The summed E-state index contributed by atoms with van der Waals surface area (Å²) in [4.78, 5) is 13.8. The van der Waals surface area contributed by atoms with Crippen molar-refractivity contribution in [1.82, 2.24) is 4.90 Å². The van der Waals surface area contributed by atoms with E-state index in [0.29, 0.717) is 32.8 Å². The molecule has 2 aliphatic heterocycles. The van der Waals surface area contributed by atoms with E-state index >= 15 is 0 Å². The van der Waals surface area contributed by atoms with Gasteiger partial charge < -0.3 is 19.3 Å². The fourth-order valence-corrected chi connectivity index (χ4v) is 3.57. The molecule has 6 nitrogen and oxygen atoms in total. The van der Waals surface area contributed by atoms with E-state index in [1.54, 1.807) is 14.2 Å². The molecule has 0 bridgehead atoms. The first-order valence-corrected chi connectivity index (χ1v) is 7.34. The van der Waals surface area contributed by atoms with E-state index < -0.39 is 11.4 Å². The van der Waals surface area contributed by atoms with Crippen LogP contribution in [0, 0.1) is 11.3 Å². The number of hydrogen-bond acceptors (Lipinski definition) is 5. The molecule has 0 amide bonds. The third-order valence-electron chi connectivity index (χ3n) is 4.78. The molecule has 120 valence electrons. The second-order valence-electron chi connectivity index (χ2n) is 5.98. The van der Waals surface area contributed by atoms with Crippen LogP contribution in [-0.2, 0) is 16.1 Å². The van der Waals surface area contributed by atoms with Crippen LogP contribution in [0.15, 0.2) is 18.2 Å². The van der Waals surface area contributed by atoms with Crippen molar-refractivity contribution in [3.05, 3.63) is 23.8 Å². The molecule has 2 heterocycles. The summed E-state index contributed by atoms with van der Waals surface area (Å²) in [5, 5.41) is 9.60. The van der Waals surface area contributed by atoms with E-state index in [2.05, 4.69) is 4.90 Å². The molecule has 0 unspecified atom stereocenters. The zero-order chi connectivity index (χ0) is 15.7. The number of rotatable bonds is 5. The lowest BCUT2D eigenvalue weighted by Gasteiger charge is -2.23. The van der Waals surface area contributed by atoms with Gasteiger partial charge in [0.25, 0.3) is 0 Å². The van der Waals surface area contributed by atoms with E-state index in [0.717, 1.165) is 17.1 Å². The molecular weight excluding hydrogens is 286 g/mol. The maximum absolute atomic E-state index is 11.7. The molecule has 0 spiro atoms. The minimum absolute atomic E-state index is 0.0469. The van der Waals surface area contributed by atoms with Gasteiger partial charge in [-0.1, -0.05) is 6.07 Å². The van der Waals surface area contributed by atoms with Crippen molar-refractivity contribution >= 4 is 5.97 Å². The Morgan fingerprint density at radius 3 is 2.64 bits per heavy atom. The van der Waals surface area contributed by atoms with Gasteiger partial charge in [0.1, 0.15) is 16.9 Å². The number of likely N-dealkylation sites (tertiary alicyclic amines) is 1. The van der Waals surface area contributed by atoms with Gasteiger partial charge in [0, 0.05) is 25.6 Å². The number of ether oxygens (including phenoxy) is 3. The number of aliphatic carboxylic acids is 1. The van der Waals surface area contributed by atoms with Gasteiger partial charge in [0.15, 0.2) is 0 Å². The molecule has 0 saturated carbocycles. The lowest BCUT2D eigenvalue weighted by Crippen LogP contribution is -2.38. The second kappa shape index (κ2) is 5.78. The van der Waals surface area contributed by atoms with Crippen LogP contribution in [0.1, 0.15) is 5.56 Å². The van der Waals surface area contributed by atoms with Gasteiger partial charge in [0.05, 0.1) is 33.0 Å². The first-order valence-electron chi connectivity index (χ1n) is 7.34. The van der Waals surface area contributed by atoms with Gasteiger partial charge in [-0.3, -0.25) is 9.69 Å². The number of benzene rings is 1. The Morgan fingerprint density at radius 2 is 2.09 bits per heavy atom. The van der Waals surface area contributed by atoms with Gasteiger partial charge in [-0.05, 0) is 12.1 Å². The monoisotopic (exact) mass is 307 g/mol. The number of carboxylic acids is 1. The Balaban J connectivity index is 1.83. The second-order valence-corrected chi connectivity index (χ2v) is 5.98. The average molecular weight is 307 g/mol. The fraction of sp³-hybridized carbons (Fsp3) is 0.562. The summed E-state index contributed by atoms with van der Waals surface area (Å²) in [6.07, 6.45) is 0. The Labute approximate surface area is 129 Å². The molecule has 3 rings (SSSR count). The molecule has 0 aliphatic carbocycles. The van der Waals surface area contributed by atoms with Crippen molar-refractivity contribution in [3.8, 4) is 11.5 Å². The molecule has 1 N–H and O–H groups in total. The highest BCUT2D eigenvalue weighted by Crippen LogP contribution is 2.43. The SMILES string of the molecule is COc1cccc(OC)c1CN1C[C@@H]2COC[C@]2(C(=O)O)C1. The predicted molar refractivity (Wildman–Crippen MR) is 79.2 cm³/mol. The Bertz CT molecular complexity index is 553. The Hall–Kier alpha value is -1.79. The third-order valence-corrected chi connectivity index (χ3v) is 4.78. The quantitative estimate of drug-likeness (QED) is 0.882. The highest BCUT2D eigenvalue weighted by atomic mass is 16.5. The summed E-state index contributed by atoms with van der Waals surface area (Å²) in [5.41, 5.74) is 0.184. The molecule has 0 aromatic heterocycles. The summed E-state index contributed by atoms with van der Waals surface area (Å²) in [7, 11) is 3.26. The number of carbonyl (C=O) groups is 1. The predicted octanol–water partition coefficient (Wildman–Crippen LogP) is 1.24. The lowest BCUT2D eigenvalue weighted by molar-refractivity contribution is -0.149. The third kappa shape index (κ3) is 2.32. The van der Waals surface area contributed by atoms with Gasteiger partial charge in [-0.15, -0.1) is 0 Å². The van der Waals surface area contributed by atoms with Crippen molar-refractivity contribution in [2.45, 2.75) is 6.54 Å². The van der Waals surface area contributed by atoms with E-state index in [9.17, 15) is 9.90 Å². The van der Waals surface area contributed by atoms with Crippen LogP contribution in [0.4, 0.5) is 0 Å². The summed E-state index contributed by atoms with van der Waals surface area (Å²) in [6.45, 7) is 2.64. The van der Waals surface area contributed by atoms with Crippen molar-refractivity contribution in [2.75, 3.05) is 40.5 Å². The molecule has 0 radical (unpaired) electrons. The number of fused-ring (bicyclic) bond motifs is 1. The first kappa shape index (κ1) is 15.1. The molecule has 2 saturated heterocycles. The van der Waals surface area contributed by atoms with Crippen molar-refractivity contribution in [3.63, 3.8) is 0 Å². The molecule has 1 aromatic carbocycles. The highest BCUT2D eigenvalue weighted by Gasteiger charge is 2.56. The van der Waals surface area contributed by atoms with E-state index in [1.807, 2.05) is 18.2 Å². The van der Waals surface area contributed by atoms with E-state index in [-0.39, 0.29) is 5.92 Å². The van der Waals surface area contributed by atoms with E-state index in [1.165, 1.54) is 0 Å². The number of carboxylic acid groups (broad SMARTS) is 1. The summed E-state index contributed by atoms with van der Waals surface area (Å²) in [6, 6.07) is 5.67. The minimum atomic E-state index is -0.769. The van der Waals surface area contributed by atoms with Crippen molar-refractivity contribution in [2.24, 2.45) is 11.3 Å². The van der Waals surface area contributed by atoms with Gasteiger partial charge in [-0.25, -0.2) is 0 Å². The average Bonchev–Trinajstić information content (AvgIpc) is 3.05. The number of hydrogen-bond donors (Lipinski definition) is 1. The molecule has 2 atom stereocenters. The van der Waals surface area contributed by atoms with Crippen molar-refractivity contribution < 1.29 is 24.1 Å². The van der Waals surface area contributed by atoms with Gasteiger partial charge in [-0.2, -0.15) is 0 Å². The van der Waals surface area contributed by atoms with Crippen LogP contribution in [0.3, 0.4) is 0 Å². The molecular formula is C16H21NO5. The van der Waals surface area contributed by atoms with Crippen LogP contribution in [-0.4, -0.2) is 56.5 Å². The zero-order valence-corrected chi connectivity index (χ0v) is 12.9. The highest BCUT2D eigenvalue weighted by molar-refractivity contribution is 5.76. The molecule has 6 heteroatoms.